The average Bonchev–Trinajstić information content (AvgIpc) is 2.36. The van der Waals surface area contributed by atoms with Crippen LogP contribution in [0.4, 0.5) is 0 Å². The molecule has 0 amide bonds. The SMILES string of the molecule is CCC[C@@H](C)C[C@@]1(C)N[I-]CS1. The molecule has 1 rings (SSSR count). The van der Waals surface area contributed by atoms with Gasteiger partial charge in [0, 0.05) is 0 Å². The summed E-state index contributed by atoms with van der Waals surface area (Å²) < 4.78 is 5.09. The third-order valence-electron chi connectivity index (χ3n) is 2.21. The number of hydrogen-bond acceptors (Lipinski definition) is 2. The van der Waals surface area contributed by atoms with E-state index in [9.17, 15) is 0 Å². The molecule has 12 heavy (non-hydrogen) atoms. The molecule has 74 valence electrons. The van der Waals surface area contributed by atoms with Gasteiger partial charge in [0.05, 0.1) is 0 Å². The second-order valence-corrected chi connectivity index (χ2v) is 8.39. The van der Waals surface area contributed by atoms with Crippen molar-refractivity contribution in [2.75, 3.05) is 3.76 Å². The molecule has 0 aliphatic carbocycles. The first-order valence-electron chi connectivity index (χ1n) is 4.65. The average molecular weight is 300 g/mol. The zero-order chi connectivity index (χ0) is 9.03. The normalized spacial score (nSPS) is 32.9. The number of halogens is 1. The summed E-state index contributed by atoms with van der Waals surface area (Å²) in [5.74, 6) is 0.891. The van der Waals surface area contributed by atoms with E-state index in [-0.39, 0.29) is 0 Å². The maximum atomic E-state index is 3.70. The Labute approximate surface area is 91.1 Å². The van der Waals surface area contributed by atoms with E-state index in [1.54, 1.807) is 0 Å². The molecule has 3 heteroatoms. The Kier molecular flexibility index (Phi) is 4.68. The summed E-state index contributed by atoms with van der Waals surface area (Å²) in [4.78, 5) is 0.432. The van der Waals surface area contributed by atoms with E-state index in [0.717, 1.165) is 5.92 Å². The Hall–Kier alpha value is 1.04. The zero-order valence-electron chi connectivity index (χ0n) is 8.19. The summed E-state index contributed by atoms with van der Waals surface area (Å²) in [5.41, 5.74) is 0. The van der Waals surface area contributed by atoms with Gasteiger partial charge in [0.2, 0.25) is 0 Å². The molecule has 0 aromatic heterocycles. The number of thioether (sulfide) groups is 1. The fourth-order valence-electron chi connectivity index (χ4n) is 1.70. The van der Waals surface area contributed by atoms with Gasteiger partial charge in [-0.25, -0.2) is 0 Å². The molecule has 2 atom stereocenters. The van der Waals surface area contributed by atoms with Gasteiger partial charge in [0.15, 0.2) is 0 Å². The molecule has 0 spiro atoms. The molecule has 0 aromatic carbocycles. The molecular formula is C9H19INS-. The van der Waals surface area contributed by atoms with Crippen molar-refractivity contribution in [3.63, 3.8) is 0 Å². The van der Waals surface area contributed by atoms with Gasteiger partial charge in [0.25, 0.3) is 0 Å². The van der Waals surface area contributed by atoms with Crippen LogP contribution >= 0.6 is 11.8 Å². The molecule has 1 N–H and O–H groups in total. The number of nitrogens with one attached hydrogen (secondary N) is 1. The summed E-state index contributed by atoms with van der Waals surface area (Å²) in [6.07, 6.45) is 4.07. The van der Waals surface area contributed by atoms with Gasteiger partial charge in [-0.05, 0) is 0 Å². The summed E-state index contributed by atoms with van der Waals surface area (Å²) in [6.45, 7) is 7.03. The van der Waals surface area contributed by atoms with E-state index in [4.69, 9.17) is 0 Å². The second kappa shape index (κ2) is 5.05. The molecule has 1 nitrogen and oxygen atoms in total. The van der Waals surface area contributed by atoms with Crippen LogP contribution in [0, 0.1) is 5.92 Å². The Morgan fingerprint density at radius 2 is 2.42 bits per heavy atom. The molecule has 0 unspecified atom stereocenters. The van der Waals surface area contributed by atoms with Gasteiger partial charge < -0.3 is 0 Å². The van der Waals surface area contributed by atoms with Crippen molar-refractivity contribution in [2.24, 2.45) is 5.92 Å². The molecular weight excluding hydrogens is 281 g/mol. The number of alkyl halides is 1. The first kappa shape index (κ1) is 11.1. The van der Waals surface area contributed by atoms with Crippen LogP contribution in [0.2, 0.25) is 0 Å². The molecule has 0 bridgehead atoms. The van der Waals surface area contributed by atoms with Gasteiger partial charge in [-0.2, -0.15) is 0 Å². The molecule has 0 radical (unpaired) electrons. The first-order valence-corrected chi connectivity index (χ1v) is 8.24. The van der Waals surface area contributed by atoms with Crippen LogP contribution in [-0.2, 0) is 0 Å². The Morgan fingerprint density at radius 1 is 1.67 bits per heavy atom. The van der Waals surface area contributed by atoms with Crippen LogP contribution in [-0.4, -0.2) is 8.63 Å². The summed E-state index contributed by atoms with van der Waals surface area (Å²) in [6, 6.07) is 0. The molecule has 0 saturated carbocycles. The van der Waals surface area contributed by atoms with E-state index < -0.39 is 0 Å². The predicted molar refractivity (Wildman–Crippen MR) is 52.7 cm³/mol. The van der Waals surface area contributed by atoms with Crippen molar-refractivity contribution in [1.29, 1.82) is 0 Å². The molecule has 1 aliphatic heterocycles. The standard InChI is InChI=1S/C9H19INS/c1-4-5-8(2)6-9(3)11-10-7-12-9/h8,11H,4-7H2,1-3H3/q-1/t8-,9+/m1/s1. The maximum absolute atomic E-state index is 3.70. The number of hydrogen-bond donors (Lipinski definition) is 1. The van der Waals surface area contributed by atoms with Crippen LogP contribution in [0.5, 0.6) is 0 Å². The van der Waals surface area contributed by atoms with E-state index in [1.807, 2.05) is 0 Å². The summed E-state index contributed by atoms with van der Waals surface area (Å²) in [5, 5.41) is 0. The summed E-state index contributed by atoms with van der Waals surface area (Å²) >= 11 is 2.46. The predicted octanol–water partition coefficient (Wildman–Crippen LogP) is -0.173. The van der Waals surface area contributed by atoms with Crippen molar-refractivity contribution in [3.05, 3.63) is 0 Å². The van der Waals surface area contributed by atoms with E-state index in [1.165, 1.54) is 23.0 Å². The Morgan fingerprint density at radius 3 is 2.92 bits per heavy atom. The molecule has 1 aliphatic rings. The topological polar surface area (TPSA) is 12.0 Å². The Bertz CT molecular complexity index is 134. The van der Waals surface area contributed by atoms with Gasteiger partial charge in [-0.1, -0.05) is 0 Å². The number of rotatable bonds is 4. The first-order chi connectivity index (χ1) is 5.66. The van der Waals surface area contributed by atoms with Crippen LogP contribution < -0.4 is 25.0 Å². The van der Waals surface area contributed by atoms with Crippen molar-refractivity contribution in [2.45, 2.75) is 44.9 Å². The minimum atomic E-state index is 0.324. The van der Waals surface area contributed by atoms with Crippen molar-refractivity contribution >= 4 is 11.8 Å². The fourth-order valence-corrected chi connectivity index (χ4v) is 7.36. The molecule has 0 aromatic rings. The van der Waals surface area contributed by atoms with Crippen LogP contribution in [0.25, 0.3) is 0 Å². The fraction of sp³-hybridized carbons (Fsp3) is 1.00. The minimum absolute atomic E-state index is 0.324. The van der Waals surface area contributed by atoms with Crippen LogP contribution in [0.15, 0.2) is 0 Å². The third kappa shape index (κ3) is 3.42. The second-order valence-electron chi connectivity index (χ2n) is 3.81. The molecule has 1 heterocycles. The van der Waals surface area contributed by atoms with E-state index in [2.05, 4.69) is 36.1 Å². The van der Waals surface area contributed by atoms with Crippen LogP contribution in [0.3, 0.4) is 0 Å². The van der Waals surface area contributed by atoms with Gasteiger partial charge >= 0.3 is 91.4 Å². The Balaban J connectivity index is 2.28. The van der Waals surface area contributed by atoms with Gasteiger partial charge in [0.1, 0.15) is 0 Å². The van der Waals surface area contributed by atoms with Crippen molar-refractivity contribution in [1.82, 2.24) is 3.53 Å². The van der Waals surface area contributed by atoms with Crippen molar-refractivity contribution < 1.29 is 21.5 Å². The van der Waals surface area contributed by atoms with Gasteiger partial charge in [-0.3, -0.25) is 0 Å². The van der Waals surface area contributed by atoms with Gasteiger partial charge in [-0.15, -0.1) is 0 Å². The quantitative estimate of drug-likeness (QED) is 0.439. The summed E-state index contributed by atoms with van der Waals surface area (Å²) in [7, 11) is 0. The zero-order valence-corrected chi connectivity index (χ0v) is 11.2. The van der Waals surface area contributed by atoms with E-state index in [0.29, 0.717) is 26.3 Å². The van der Waals surface area contributed by atoms with E-state index >= 15 is 0 Å². The third-order valence-corrected chi connectivity index (χ3v) is 7.14. The van der Waals surface area contributed by atoms with Crippen molar-refractivity contribution in [3.8, 4) is 0 Å². The molecule has 1 fully saturated rings. The molecule has 1 saturated heterocycles. The van der Waals surface area contributed by atoms with Crippen LogP contribution in [0.1, 0.15) is 40.0 Å². The monoisotopic (exact) mass is 300 g/mol.